The number of carbonyl (C=O) groups excluding carboxylic acids is 1. The van der Waals surface area contributed by atoms with Crippen molar-refractivity contribution in [3.05, 3.63) is 35.9 Å². The number of hydrogen-bond acceptors (Lipinski definition) is 2. The van der Waals surface area contributed by atoms with Crippen molar-refractivity contribution in [1.29, 1.82) is 0 Å². The second-order valence-corrected chi connectivity index (χ2v) is 2.55. The molecule has 0 saturated carbocycles. The quantitative estimate of drug-likeness (QED) is 0.770. The van der Waals surface area contributed by atoms with Gasteiger partial charge >= 0.3 is 0 Å². The summed E-state index contributed by atoms with van der Waals surface area (Å²) < 4.78 is 0. The Morgan fingerprint density at radius 1 is 1.23 bits per heavy atom. The molecule has 1 rings (SSSR count). The van der Waals surface area contributed by atoms with Crippen molar-refractivity contribution in [2.45, 2.75) is 19.8 Å². The van der Waals surface area contributed by atoms with Crippen molar-refractivity contribution in [2.24, 2.45) is 0 Å². The van der Waals surface area contributed by atoms with E-state index in [0.29, 0.717) is 18.6 Å². The summed E-state index contributed by atoms with van der Waals surface area (Å²) in [4.78, 5) is 11.0. The van der Waals surface area contributed by atoms with E-state index in [2.05, 4.69) is 0 Å². The smallest absolute Gasteiger partial charge is 0.136 e. The van der Waals surface area contributed by atoms with Crippen LogP contribution in [0.4, 0.5) is 0 Å². The Bertz CT molecular complexity index is 229. The maximum atomic E-state index is 11.0. The van der Waals surface area contributed by atoms with Crippen LogP contribution in [0.3, 0.4) is 0 Å². The van der Waals surface area contributed by atoms with E-state index >= 15 is 0 Å². The van der Waals surface area contributed by atoms with E-state index in [1.165, 1.54) is 0 Å². The lowest BCUT2D eigenvalue weighted by molar-refractivity contribution is -0.118. The van der Waals surface area contributed by atoms with Crippen LogP contribution in [0.15, 0.2) is 30.3 Å². The van der Waals surface area contributed by atoms with E-state index in [0.717, 1.165) is 12.7 Å². The number of benzene rings is 1. The maximum absolute atomic E-state index is 11.0. The third-order valence-corrected chi connectivity index (χ3v) is 1.64. The summed E-state index contributed by atoms with van der Waals surface area (Å²) in [6.07, 6.45) is 1.21. The molecule has 0 aromatic heterocycles. The van der Waals surface area contributed by atoms with Crippen molar-refractivity contribution < 1.29 is 9.90 Å². The Hall–Kier alpha value is -1.15. The minimum absolute atomic E-state index is 0.302. The first-order valence-electron chi connectivity index (χ1n) is 4.33. The van der Waals surface area contributed by atoms with Gasteiger partial charge in [-0.05, 0) is 5.56 Å². The first-order chi connectivity index (χ1) is 6.33. The molecule has 1 aromatic carbocycles. The lowest BCUT2D eigenvalue weighted by atomic mass is 10.1. The van der Waals surface area contributed by atoms with Crippen LogP contribution in [0.5, 0.6) is 0 Å². The molecule has 0 aliphatic heterocycles. The molecule has 2 nitrogen and oxygen atoms in total. The SMILES string of the molecule is CCC(=O)Cc1ccccc1.CO. The Labute approximate surface area is 79.2 Å². The minimum Gasteiger partial charge on any atom is -0.400 e. The standard InChI is InChI=1S/C10H12O.CH4O/c1-2-10(11)8-9-6-4-3-5-7-9;1-2/h3-7H,2,8H2,1H3;2H,1H3. The van der Waals surface area contributed by atoms with Gasteiger partial charge in [-0.1, -0.05) is 37.3 Å². The van der Waals surface area contributed by atoms with Gasteiger partial charge in [0.25, 0.3) is 0 Å². The van der Waals surface area contributed by atoms with Gasteiger partial charge in [0.15, 0.2) is 0 Å². The molecule has 0 fully saturated rings. The van der Waals surface area contributed by atoms with E-state index in [-0.39, 0.29) is 0 Å². The van der Waals surface area contributed by atoms with Crippen LogP contribution < -0.4 is 0 Å². The molecule has 2 heteroatoms. The van der Waals surface area contributed by atoms with Gasteiger partial charge in [0.2, 0.25) is 0 Å². The van der Waals surface area contributed by atoms with E-state index in [1.54, 1.807) is 0 Å². The van der Waals surface area contributed by atoms with Crippen LogP contribution >= 0.6 is 0 Å². The van der Waals surface area contributed by atoms with Crippen molar-refractivity contribution in [2.75, 3.05) is 7.11 Å². The highest BCUT2D eigenvalue weighted by molar-refractivity contribution is 5.80. The normalized spacial score (nSPS) is 8.54. The summed E-state index contributed by atoms with van der Waals surface area (Å²) in [5.41, 5.74) is 1.11. The van der Waals surface area contributed by atoms with Gasteiger partial charge in [0.05, 0.1) is 0 Å². The zero-order chi connectivity index (χ0) is 10.1. The lowest BCUT2D eigenvalue weighted by Crippen LogP contribution is -1.99. The zero-order valence-corrected chi connectivity index (χ0v) is 8.16. The molecule has 0 aliphatic rings. The largest absolute Gasteiger partial charge is 0.400 e. The summed E-state index contributed by atoms with van der Waals surface area (Å²) in [7, 11) is 1.00. The minimum atomic E-state index is 0.302. The molecule has 0 spiro atoms. The van der Waals surface area contributed by atoms with Gasteiger partial charge < -0.3 is 5.11 Å². The predicted molar refractivity (Wildman–Crippen MR) is 53.6 cm³/mol. The fourth-order valence-corrected chi connectivity index (χ4v) is 0.949. The summed E-state index contributed by atoms with van der Waals surface area (Å²) in [6, 6.07) is 9.83. The molecule has 72 valence electrons. The molecule has 0 amide bonds. The molecule has 0 bridgehead atoms. The molecule has 0 aliphatic carbocycles. The van der Waals surface area contributed by atoms with Crippen molar-refractivity contribution >= 4 is 5.78 Å². The average molecular weight is 180 g/mol. The maximum Gasteiger partial charge on any atom is 0.136 e. The molecule has 0 saturated heterocycles. The van der Waals surface area contributed by atoms with E-state index < -0.39 is 0 Å². The van der Waals surface area contributed by atoms with Crippen molar-refractivity contribution in [1.82, 2.24) is 0 Å². The van der Waals surface area contributed by atoms with E-state index in [9.17, 15) is 4.79 Å². The number of rotatable bonds is 3. The van der Waals surface area contributed by atoms with Crippen LogP contribution in [-0.2, 0) is 11.2 Å². The van der Waals surface area contributed by atoms with Crippen LogP contribution in [0, 0.1) is 0 Å². The van der Waals surface area contributed by atoms with Crippen LogP contribution in [0.1, 0.15) is 18.9 Å². The summed E-state index contributed by atoms with van der Waals surface area (Å²) in [5.74, 6) is 0.302. The van der Waals surface area contributed by atoms with Gasteiger partial charge in [-0.2, -0.15) is 0 Å². The molecule has 0 atom stereocenters. The number of aliphatic hydroxyl groups is 1. The Balaban J connectivity index is 0.000000671. The lowest BCUT2D eigenvalue weighted by Gasteiger charge is -1.96. The third-order valence-electron chi connectivity index (χ3n) is 1.64. The number of carbonyl (C=O) groups is 1. The fraction of sp³-hybridized carbons (Fsp3) is 0.364. The molecular formula is C11H16O2. The number of Topliss-reactive ketones (excluding diaryl/α,β-unsaturated/α-hetero) is 1. The van der Waals surface area contributed by atoms with Crippen LogP contribution in [0.2, 0.25) is 0 Å². The van der Waals surface area contributed by atoms with Gasteiger partial charge in [-0.3, -0.25) is 4.79 Å². The molecule has 0 heterocycles. The van der Waals surface area contributed by atoms with E-state index in [1.807, 2.05) is 37.3 Å². The average Bonchev–Trinajstić information content (AvgIpc) is 2.22. The zero-order valence-electron chi connectivity index (χ0n) is 8.16. The summed E-state index contributed by atoms with van der Waals surface area (Å²) in [6.45, 7) is 1.89. The van der Waals surface area contributed by atoms with Gasteiger partial charge in [-0.15, -0.1) is 0 Å². The monoisotopic (exact) mass is 180 g/mol. The third kappa shape index (κ3) is 5.15. The van der Waals surface area contributed by atoms with Crippen molar-refractivity contribution in [3.8, 4) is 0 Å². The van der Waals surface area contributed by atoms with Gasteiger partial charge in [0, 0.05) is 20.0 Å². The molecule has 0 unspecified atom stereocenters. The highest BCUT2D eigenvalue weighted by atomic mass is 16.2. The molecular weight excluding hydrogens is 164 g/mol. The summed E-state index contributed by atoms with van der Waals surface area (Å²) in [5, 5.41) is 7.00. The second-order valence-electron chi connectivity index (χ2n) is 2.55. The number of aliphatic hydroxyl groups excluding tert-OH is 1. The Kier molecular flexibility index (Phi) is 6.83. The number of hydrogen-bond donors (Lipinski definition) is 1. The van der Waals surface area contributed by atoms with E-state index in [4.69, 9.17) is 5.11 Å². The fourth-order valence-electron chi connectivity index (χ4n) is 0.949. The first kappa shape index (κ1) is 11.8. The Morgan fingerprint density at radius 2 is 1.77 bits per heavy atom. The highest BCUT2D eigenvalue weighted by Crippen LogP contribution is 2.00. The topological polar surface area (TPSA) is 37.3 Å². The molecule has 1 aromatic rings. The van der Waals surface area contributed by atoms with Gasteiger partial charge in [-0.25, -0.2) is 0 Å². The van der Waals surface area contributed by atoms with Crippen LogP contribution in [0.25, 0.3) is 0 Å². The van der Waals surface area contributed by atoms with Crippen molar-refractivity contribution in [3.63, 3.8) is 0 Å². The predicted octanol–water partition coefficient (Wildman–Crippen LogP) is 1.82. The first-order valence-corrected chi connectivity index (χ1v) is 4.33. The Morgan fingerprint density at radius 3 is 2.23 bits per heavy atom. The summed E-state index contributed by atoms with van der Waals surface area (Å²) >= 11 is 0. The molecule has 13 heavy (non-hydrogen) atoms. The van der Waals surface area contributed by atoms with Crippen LogP contribution in [-0.4, -0.2) is 18.0 Å². The second kappa shape index (κ2) is 7.50. The molecule has 0 radical (unpaired) electrons. The number of ketones is 1. The highest BCUT2D eigenvalue weighted by Gasteiger charge is 1.98. The molecule has 1 N–H and O–H groups in total. The van der Waals surface area contributed by atoms with Gasteiger partial charge in [0.1, 0.15) is 5.78 Å².